The third-order valence-electron chi connectivity index (χ3n) is 2.89. The Hall–Kier alpha value is -0.680. The lowest BCUT2D eigenvalue weighted by molar-refractivity contribution is 0.418. The van der Waals surface area contributed by atoms with Crippen LogP contribution in [0.5, 0.6) is 0 Å². The van der Waals surface area contributed by atoms with E-state index in [9.17, 15) is 0 Å². The highest BCUT2D eigenvalue weighted by atomic mass is 35.5. The molecule has 4 nitrogen and oxygen atoms in total. The van der Waals surface area contributed by atoms with Crippen molar-refractivity contribution in [1.82, 2.24) is 20.4 Å². The summed E-state index contributed by atoms with van der Waals surface area (Å²) in [6.45, 7) is 0. The number of hydrogen-bond donors (Lipinski definition) is 0. The van der Waals surface area contributed by atoms with E-state index in [-0.39, 0.29) is 0 Å². The van der Waals surface area contributed by atoms with Gasteiger partial charge in [-0.2, -0.15) is 0 Å². The third-order valence-corrected chi connectivity index (χ3v) is 3.77. The molecule has 2 aromatic rings. The summed E-state index contributed by atoms with van der Waals surface area (Å²) in [5.41, 5.74) is 1.06. The number of halogens is 4. The molecule has 2 heterocycles. The zero-order chi connectivity index (χ0) is 14.5. The summed E-state index contributed by atoms with van der Waals surface area (Å²) in [6, 6.07) is 4.98. The molecule has 0 atom stereocenters. The summed E-state index contributed by atoms with van der Waals surface area (Å²) >= 11 is 22.3. The Balaban J connectivity index is 0.000000160. The lowest BCUT2D eigenvalue weighted by atomic mass is 9.81. The molecule has 0 bridgehead atoms. The predicted octanol–water partition coefficient (Wildman–Crippen LogP) is 4.83. The highest BCUT2D eigenvalue weighted by Gasteiger charge is 2.22. The zero-order valence-corrected chi connectivity index (χ0v) is 13.3. The molecule has 0 N–H and O–H groups in total. The molecule has 3 rings (SSSR count). The Morgan fingerprint density at radius 1 is 0.800 bits per heavy atom. The van der Waals surface area contributed by atoms with Gasteiger partial charge < -0.3 is 0 Å². The van der Waals surface area contributed by atoms with Gasteiger partial charge in [0.25, 0.3) is 0 Å². The van der Waals surface area contributed by atoms with Crippen molar-refractivity contribution in [3.8, 4) is 0 Å². The minimum atomic E-state index is 0.356. The molecule has 0 amide bonds. The van der Waals surface area contributed by atoms with Crippen LogP contribution in [0, 0.1) is 0 Å². The Bertz CT molecular complexity index is 551. The van der Waals surface area contributed by atoms with Gasteiger partial charge in [0.2, 0.25) is 0 Å². The first-order chi connectivity index (χ1) is 9.56. The lowest BCUT2D eigenvalue weighted by Gasteiger charge is -2.25. The van der Waals surface area contributed by atoms with Crippen molar-refractivity contribution in [2.24, 2.45) is 0 Å². The van der Waals surface area contributed by atoms with Crippen LogP contribution in [0.4, 0.5) is 0 Å². The molecule has 0 spiro atoms. The molecular weight excluding hydrogens is 342 g/mol. The molecule has 1 aliphatic rings. The topological polar surface area (TPSA) is 51.6 Å². The van der Waals surface area contributed by atoms with Gasteiger partial charge in [-0.3, -0.25) is 0 Å². The maximum atomic E-state index is 5.87. The van der Waals surface area contributed by atoms with E-state index in [1.807, 2.05) is 6.07 Å². The quantitative estimate of drug-likeness (QED) is 0.737. The van der Waals surface area contributed by atoms with Gasteiger partial charge in [-0.15, -0.1) is 20.4 Å². The standard InChI is InChI=1S/C8H8Cl2N2.C4H2Cl2N2/c9-7-4-6(5-2-1-3-5)8(10)12-11-7;5-3-1-2-4(6)8-7-3/h4-5H,1-3H2;1-2H. The second-order valence-electron chi connectivity index (χ2n) is 4.22. The van der Waals surface area contributed by atoms with Crippen LogP contribution in [0.1, 0.15) is 30.7 Å². The van der Waals surface area contributed by atoms with E-state index in [0.29, 0.717) is 26.5 Å². The average molecular weight is 352 g/mol. The van der Waals surface area contributed by atoms with E-state index in [2.05, 4.69) is 20.4 Å². The van der Waals surface area contributed by atoms with Crippen LogP contribution in [-0.2, 0) is 0 Å². The number of rotatable bonds is 1. The van der Waals surface area contributed by atoms with Crippen LogP contribution in [0.2, 0.25) is 20.6 Å². The monoisotopic (exact) mass is 350 g/mol. The molecule has 1 fully saturated rings. The summed E-state index contributed by atoms with van der Waals surface area (Å²) in [5.74, 6) is 0.561. The van der Waals surface area contributed by atoms with Crippen LogP contribution >= 0.6 is 46.4 Å². The highest BCUT2D eigenvalue weighted by molar-refractivity contribution is 6.32. The van der Waals surface area contributed by atoms with Gasteiger partial charge in [-0.05, 0) is 42.5 Å². The van der Waals surface area contributed by atoms with Gasteiger partial charge in [-0.25, -0.2) is 0 Å². The predicted molar refractivity (Wildman–Crippen MR) is 80.7 cm³/mol. The summed E-state index contributed by atoms with van der Waals surface area (Å²) in [6.07, 6.45) is 3.67. The molecule has 0 unspecified atom stereocenters. The van der Waals surface area contributed by atoms with Crippen molar-refractivity contribution in [2.75, 3.05) is 0 Å². The fourth-order valence-corrected chi connectivity index (χ4v) is 2.27. The van der Waals surface area contributed by atoms with Crippen LogP contribution in [0.15, 0.2) is 18.2 Å². The Kier molecular flexibility index (Phi) is 5.78. The maximum absolute atomic E-state index is 5.87. The lowest BCUT2D eigenvalue weighted by Crippen LogP contribution is -2.10. The van der Waals surface area contributed by atoms with E-state index in [0.717, 1.165) is 5.56 Å². The van der Waals surface area contributed by atoms with E-state index in [1.54, 1.807) is 12.1 Å². The summed E-state index contributed by atoms with van der Waals surface area (Å²) in [7, 11) is 0. The molecule has 1 aliphatic carbocycles. The largest absolute Gasteiger partial charge is 0.155 e. The van der Waals surface area contributed by atoms with Crippen molar-refractivity contribution < 1.29 is 0 Å². The van der Waals surface area contributed by atoms with Crippen molar-refractivity contribution in [2.45, 2.75) is 25.2 Å². The van der Waals surface area contributed by atoms with Gasteiger partial charge in [0.1, 0.15) is 0 Å². The molecule has 20 heavy (non-hydrogen) atoms. The van der Waals surface area contributed by atoms with Gasteiger partial charge in [0.05, 0.1) is 0 Å². The minimum Gasteiger partial charge on any atom is -0.137 e. The molecule has 0 saturated heterocycles. The molecule has 1 saturated carbocycles. The fourth-order valence-electron chi connectivity index (χ4n) is 1.67. The molecule has 0 radical (unpaired) electrons. The van der Waals surface area contributed by atoms with E-state index in [4.69, 9.17) is 46.4 Å². The highest BCUT2D eigenvalue weighted by Crippen LogP contribution is 2.39. The van der Waals surface area contributed by atoms with Crippen molar-refractivity contribution in [3.05, 3.63) is 44.4 Å². The van der Waals surface area contributed by atoms with Crippen molar-refractivity contribution >= 4 is 46.4 Å². The van der Waals surface area contributed by atoms with Crippen LogP contribution in [0.3, 0.4) is 0 Å². The molecule has 2 aromatic heterocycles. The Labute approximate surface area is 136 Å². The number of aromatic nitrogens is 4. The van der Waals surface area contributed by atoms with Gasteiger partial charge in [0, 0.05) is 0 Å². The first kappa shape index (κ1) is 15.7. The Morgan fingerprint density at radius 3 is 1.80 bits per heavy atom. The molecular formula is C12H10Cl4N4. The summed E-state index contributed by atoms with van der Waals surface area (Å²) in [4.78, 5) is 0. The molecule has 0 aromatic carbocycles. The van der Waals surface area contributed by atoms with E-state index < -0.39 is 0 Å². The number of nitrogens with zero attached hydrogens (tertiary/aromatic N) is 4. The van der Waals surface area contributed by atoms with Crippen molar-refractivity contribution in [1.29, 1.82) is 0 Å². The summed E-state index contributed by atoms with van der Waals surface area (Å²) < 4.78 is 0. The maximum Gasteiger partial charge on any atom is 0.155 e. The number of hydrogen-bond acceptors (Lipinski definition) is 4. The fraction of sp³-hybridized carbons (Fsp3) is 0.333. The van der Waals surface area contributed by atoms with E-state index in [1.165, 1.54) is 19.3 Å². The smallest absolute Gasteiger partial charge is 0.137 e. The molecule has 106 valence electrons. The average Bonchev–Trinajstić information content (AvgIpc) is 2.36. The Morgan fingerprint density at radius 2 is 1.35 bits per heavy atom. The first-order valence-electron chi connectivity index (χ1n) is 5.89. The second-order valence-corrected chi connectivity index (χ2v) is 5.74. The molecule has 8 heteroatoms. The van der Waals surface area contributed by atoms with Gasteiger partial charge >= 0.3 is 0 Å². The summed E-state index contributed by atoms with van der Waals surface area (Å²) in [5, 5.41) is 16.0. The van der Waals surface area contributed by atoms with Crippen LogP contribution in [0.25, 0.3) is 0 Å². The SMILES string of the molecule is Clc1cc(C2CCC2)c(Cl)nn1.Clc1ccc(Cl)nn1. The normalized spacial score (nSPS) is 14.2. The molecule has 0 aliphatic heterocycles. The minimum absolute atomic E-state index is 0.356. The van der Waals surface area contributed by atoms with Crippen LogP contribution < -0.4 is 0 Å². The second kappa shape index (κ2) is 7.36. The van der Waals surface area contributed by atoms with Gasteiger partial charge in [0.15, 0.2) is 20.6 Å². The van der Waals surface area contributed by atoms with E-state index >= 15 is 0 Å². The van der Waals surface area contributed by atoms with Crippen molar-refractivity contribution in [3.63, 3.8) is 0 Å². The first-order valence-corrected chi connectivity index (χ1v) is 7.41. The third kappa shape index (κ3) is 4.42. The zero-order valence-electron chi connectivity index (χ0n) is 10.2. The van der Waals surface area contributed by atoms with Crippen LogP contribution in [-0.4, -0.2) is 20.4 Å². The van der Waals surface area contributed by atoms with Gasteiger partial charge in [-0.1, -0.05) is 52.8 Å².